The van der Waals surface area contributed by atoms with E-state index in [1.54, 1.807) is 26.4 Å². The van der Waals surface area contributed by atoms with Gasteiger partial charge in [-0.2, -0.15) is 0 Å². The van der Waals surface area contributed by atoms with Crippen LogP contribution in [-0.2, 0) is 19.3 Å². The first-order valence-corrected chi connectivity index (χ1v) is 14.8. The highest BCUT2D eigenvalue weighted by atomic mass is 19.1. The van der Waals surface area contributed by atoms with Crippen molar-refractivity contribution in [1.29, 1.82) is 0 Å². The van der Waals surface area contributed by atoms with Crippen LogP contribution in [0, 0.1) is 5.82 Å². The number of nitrogens with zero attached hydrogens (tertiary/aromatic N) is 1. The molecule has 3 aromatic carbocycles. The van der Waals surface area contributed by atoms with Crippen LogP contribution < -0.4 is 19.9 Å². The summed E-state index contributed by atoms with van der Waals surface area (Å²) in [5.41, 5.74) is 12.9. The van der Waals surface area contributed by atoms with Crippen molar-refractivity contribution in [2.75, 3.05) is 40.5 Å². The van der Waals surface area contributed by atoms with Crippen molar-refractivity contribution >= 4 is 0 Å². The van der Waals surface area contributed by atoms with Crippen LogP contribution >= 0.6 is 0 Å². The molecule has 1 aliphatic carbocycles. The maximum atomic E-state index is 14.8. The first-order chi connectivity index (χ1) is 19.5. The number of fused-ring (bicyclic) bond motifs is 1. The Morgan fingerprint density at radius 3 is 2.48 bits per heavy atom. The van der Waals surface area contributed by atoms with E-state index >= 15 is 0 Å². The summed E-state index contributed by atoms with van der Waals surface area (Å²) in [6, 6.07) is 17.9. The molecule has 2 atom stereocenters. The molecule has 1 heterocycles. The minimum absolute atomic E-state index is 0.175. The van der Waals surface area contributed by atoms with Crippen molar-refractivity contribution in [2.24, 2.45) is 5.73 Å². The number of nitrogens with two attached hydrogens (primary N) is 1. The van der Waals surface area contributed by atoms with Crippen molar-refractivity contribution in [1.82, 2.24) is 4.90 Å². The van der Waals surface area contributed by atoms with Gasteiger partial charge in [0, 0.05) is 12.6 Å². The standard InChI is InChI=1S/C34H43FN2O3/c1-38-28-11-10-25-21-27(9-8-26(25)22-28)30-13-12-29(39-2)23-31(30)33(36)14-6-24-7-15-34(32(35)20-24)40-19-18-37-16-4-3-5-17-37/h7,10-13,15,20,22-23,27,33H,3-6,8-9,14,16-19,21,36H2,1-2H3. The average Bonchev–Trinajstić information content (AvgIpc) is 3.00. The molecule has 1 saturated heterocycles. The lowest BCUT2D eigenvalue weighted by molar-refractivity contribution is 0.180. The highest BCUT2D eigenvalue weighted by Gasteiger charge is 2.25. The van der Waals surface area contributed by atoms with Crippen LogP contribution in [0.2, 0.25) is 0 Å². The van der Waals surface area contributed by atoms with Crippen LogP contribution in [0.1, 0.15) is 71.9 Å². The highest BCUT2D eigenvalue weighted by Crippen LogP contribution is 2.38. The third kappa shape index (κ3) is 6.97. The number of hydrogen-bond donors (Lipinski definition) is 1. The normalized spacial score (nSPS) is 18.1. The zero-order valence-corrected chi connectivity index (χ0v) is 24.0. The summed E-state index contributed by atoms with van der Waals surface area (Å²) in [5, 5.41) is 0. The topological polar surface area (TPSA) is 57.0 Å². The van der Waals surface area contributed by atoms with Crippen LogP contribution in [0.3, 0.4) is 0 Å². The summed E-state index contributed by atoms with van der Waals surface area (Å²) >= 11 is 0. The van der Waals surface area contributed by atoms with E-state index in [4.69, 9.17) is 19.9 Å². The second-order valence-corrected chi connectivity index (χ2v) is 11.2. The fourth-order valence-electron chi connectivity index (χ4n) is 6.26. The summed E-state index contributed by atoms with van der Waals surface area (Å²) in [4.78, 5) is 2.40. The Kier molecular flexibility index (Phi) is 9.61. The van der Waals surface area contributed by atoms with Crippen LogP contribution in [-0.4, -0.2) is 45.4 Å². The fourth-order valence-corrected chi connectivity index (χ4v) is 6.26. The second-order valence-electron chi connectivity index (χ2n) is 11.2. The number of hydrogen-bond acceptors (Lipinski definition) is 5. The van der Waals surface area contributed by atoms with E-state index in [0.29, 0.717) is 24.7 Å². The molecule has 40 heavy (non-hydrogen) atoms. The second kappa shape index (κ2) is 13.5. The van der Waals surface area contributed by atoms with Crippen molar-refractivity contribution in [3.05, 3.63) is 88.2 Å². The van der Waals surface area contributed by atoms with Gasteiger partial charge >= 0.3 is 0 Å². The van der Waals surface area contributed by atoms with Crippen LogP contribution in [0.15, 0.2) is 54.6 Å². The molecule has 2 N–H and O–H groups in total. The van der Waals surface area contributed by atoms with E-state index in [1.165, 1.54) is 36.0 Å². The van der Waals surface area contributed by atoms with Gasteiger partial charge in [-0.25, -0.2) is 4.39 Å². The van der Waals surface area contributed by atoms with Crippen molar-refractivity contribution < 1.29 is 18.6 Å². The fraction of sp³-hybridized carbons (Fsp3) is 0.471. The summed E-state index contributed by atoms with van der Waals surface area (Å²) < 4.78 is 31.6. The zero-order valence-electron chi connectivity index (χ0n) is 24.0. The maximum absolute atomic E-state index is 14.8. The molecule has 5 nitrogen and oxygen atoms in total. The lowest BCUT2D eigenvalue weighted by Gasteiger charge is -2.29. The van der Waals surface area contributed by atoms with Crippen LogP contribution in [0.4, 0.5) is 4.39 Å². The predicted octanol–water partition coefficient (Wildman–Crippen LogP) is 6.61. The number of aryl methyl sites for hydroxylation is 2. The minimum atomic E-state index is -0.302. The van der Waals surface area contributed by atoms with Crippen molar-refractivity contribution in [3.63, 3.8) is 0 Å². The summed E-state index contributed by atoms with van der Waals surface area (Å²) in [7, 11) is 3.40. The van der Waals surface area contributed by atoms with Gasteiger partial charge in [0.1, 0.15) is 18.1 Å². The summed E-state index contributed by atoms with van der Waals surface area (Å²) in [6.07, 6.45) is 8.27. The predicted molar refractivity (Wildman–Crippen MR) is 158 cm³/mol. The molecule has 6 heteroatoms. The van der Waals surface area contributed by atoms with E-state index in [-0.39, 0.29) is 11.9 Å². The summed E-state index contributed by atoms with van der Waals surface area (Å²) in [6.45, 7) is 3.59. The molecule has 214 valence electrons. The van der Waals surface area contributed by atoms with E-state index in [0.717, 1.165) is 67.9 Å². The van der Waals surface area contributed by atoms with Gasteiger partial charge in [-0.3, -0.25) is 4.90 Å². The number of piperidine rings is 1. The number of halogens is 1. The monoisotopic (exact) mass is 546 g/mol. The molecule has 1 fully saturated rings. The first-order valence-electron chi connectivity index (χ1n) is 14.8. The Morgan fingerprint density at radius 2 is 1.70 bits per heavy atom. The lowest BCUT2D eigenvalue weighted by Crippen LogP contribution is -2.33. The molecular weight excluding hydrogens is 503 g/mol. The molecule has 0 spiro atoms. The largest absolute Gasteiger partial charge is 0.497 e. The zero-order chi connectivity index (χ0) is 27.9. The van der Waals surface area contributed by atoms with Gasteiger partial charge in [-0.1, -0.05) is 24.6 Å². The molecule has 5 rings (SSSR count). The molecule has 0 radical (unpaired) electrons. The van der Waals surface area contributed by atoms with Gasteiger partial charge in [0.15, 0.2) is 11.6 Å². The first kappa shape index (κ1) is 28.4. The van der Waals surface area contributed by atoms with Gasteiger partial charge < -0.3 is 19.9 Å². The molecule has 2 unspecified atom stereocenters. The third-order valence-electron chi connectivity index (χ3n) is 8.63. The number of rotatable bonds is 11. The van der Waals surface area contributed by atoms with E-state index in [2.05, 4.69) is 29.2 Å². The molecule has 1 aliphatic heterocycles. The molecule has 2 aliphatic rings. The Labute approximate surface area is 238 Å². The van der Waals surface area contributed by atoms with Gasteiger partial charge in [-0.05, 0) is 128 Å². The Bertz CT molecular complexity index is 1270. The van der Waals surface area contributed by atoms with Gasteiger partial charge in [-0.15, -0.1) is 0 Å². The highest BCUT2D eigenvalue weighted by molar-refractivity contribution is 5.44. The average molecular weight is 547 g/mol. The van der Waals surface area contributed by atoms with Gasteiger partial charge in [0.25, 0.3) is 0 Å². The number of benzene rings is 3. The molecule has 0 amide bonds. The van der Waals surface area contributed by atoms with Gasteiger partial charge in [0.2, 0.25) is 0 Å². The Balaban J connectivity index is 1.22. The van der Waals surface area contributed by atoms with Gasteiger partial charge in [0.05, 0.1) is 14.2 Å². The summed E-state index contributed by atoms with van der Waals surface area (Å²) in [5.74, 6) is 2.15. The molecule has 0 saturated carbocycles. The third-order valence-corrected chi connectivity index (χ3v) is 8.63. The van der Waals surface area contributed by atoms with E-state index < -0.39 is 0 Å². The lowest BCUT2D eigenvalue weighted by atomic mass is 9.77. The van der Waals surface area contributed by atoms with E-state index in [1.807, 2.05) is 18.2 Å². The molecule has 3 aromatic rings. The SMILES string of the molecule is COc1ccc2c(c1)CCC(c1ccc(OC)cc1C(N)CCc1ccc(OCCN3CCCCC3)c(F)c1)C2. The number of likely N-dealkylation sites (tertiary alicyclic amines) is 1. The smallest absolute Gasteiger partial charge is 0.165 e. The molecule has 0 aromatic heterocycles. The van der Waals surface area contributed by atoms with Crippen molar-refractivity contribution in [2.45, 2.75) is 63.3 Å². The Hall–Kier alpha value is -3.09. The number of ether oxygens (including phenoxy) is 3. The quantitative estimate of drug-likeness (QED) is 0.293. The molecule has 0 bridgehead atoms. The maximum Gasteiger partial charge on any atom is 0.165 e. The Morgan fingerprint density at radius 1 is 0.925 bits per heavy atom. The van der Waals surface area contributed by atoms with Crippen molar-refractivity contribution in [3.8, 4) is 17.2 Å². The van der Waals surface area contributed by atoms with Crippen LogP contribution in [0.25, 0.3) is 0 Å². The van der Waals surface area contributed by atoms with Crippen LogP contribution in [0.5, 0.6) is 17.2 Å². The molecular formula is C34H43FN2O3. The minimum Gasteiger partial charge on any atom is -0.497 e. The van der Waals surface area contributed by atoms with E-state index in [9.17, 15) is 4.39 Å². The number of methoxy groups -OCH3 is 2.